The molecule has 1 amide bonds. The number of pyridine rings is 1. The van der Waals surface area contributed by atoms with Crippen molar-refractivity contribution in [2.75, 3.05) is 11.9 Å². The molecule has 0 spiro atoms. The van der Waals surface area contributed by atoms with Crippen molar-refractivity contribution in [3.8, 4) is 0 Å². The van der Waals surface area contributed by atoms with Crippen molar-refractivity contribution < 1.29 is 4.79 Å². The maximum atomic E-state index is 13.4. The first-order chi connectivity index (χ1) is 16.0. The lowest BCUT2D eigenvalue weighted by Crippen LogP contribution is -2.39. The van der Waals surface area contributed by atoms with Gasteiger partial charge in [0.2, 0.25) is 5.91 Å². The minimum Gasteiger partial charge on any atom is -0.325 e. The minimum absolute atomic E-state index is 0.0394. The number of carbonyl (C=O) groups excluding carboxylic acids is 1. The van der Waals surface area contributed by atoms with Crippen LogP contribution in [0.2, 0.25) is 0 Å². The Morgan fingerprint density at radius 1 is 1.15 bits per heavy atom. The van der Waals surface area contributed by atoms with Crippen molar-refractivity contribution in [3.63, 3.8) is 0 Å². The Balaban J connectivity index is 1.34. The molecule has 2 aromatic heterocycles. The fourth-order valence-electron chi connectivity index (χ4n) is 4.26. The third-order valence-electron chi connectivity index (χ3n) is 5.86. The Bertz CT molecular complexity index is 1260. The summed E-state index contributed by atoms with van der Waals surface area (Å²) in [4.78, 5) is 24.7. The van der Waals surface area contributed by atoms with Crippen LogP contribution in [0.5, 0.6) is 0 Å². The predicted molar refractivity (Wildman–Crippen MR) is 137 cm³/mol. The van der Waals surface area contributed by atoms with Crippen molar-refractivity contribution in [1.82, 2.24) is 14.9 Å². The molecule has 2 aromatic carbocycles. The van der Waals surface area contributed by atoms with Crippen LogP contribution < -0.4 is 5.32 Å². The van der Waals surface area contributed by atoms with Gasteiger partial charge in [0.25, 0.3) is 0 Å². The summed E-state index contributed by atoms with van der Waals surface area (Å²) >= 11 is 3.43. The summed E-state index contributed by atoms with van der Waals surface area (Å²) in [7, 11) is 0. The highest BCUT2D eigenvalue weighted by atomic mass is 32.2. The number of hydrogen-bond acceptors (Lipinski definition) is 6. The molecule has 1 fully saturated rings. The molecule has 7 heteroatoms. The van der Waals surface area contributed by atoms with Gasteiger partial charge in [-0.2, -0.15) is 0 Å². The van der Waals surface area contributed by atoms with E-state index in [4.69, 9.17) is 0 Å². The summed E-state index contributed by atoms with van der Waals surface area (Å²) in [5.41, 5.74) is 4.20. The van der Waals surface area contributed by atoms with Gasteiger partial charge in [-0.15, -0.1) is 23.1 Å². The second-order valence-corrected chi connectivity index (χ2v) is 11.0. The number of rotatable bonds is 6. The van der Waals surface area contributed by atoms with Crippen molar-refractivity contribution in [1.29, 1.82) is 0 Å². The lowest BCUT2D eigenvalue weighted by Gasteiger charge is -2.23. The van der Waals surface area contributed by atoms with Gasteiger partial charge >= 0.3 is 0 Å². The zero-order valence-corrected chi connectivity index (χ0v) is 20.3. The first-order valence-electron chi connectivity index (χ1n) is 11.1. The molecular formula is C26H26N4OS2. The Morgan fingerprint density at radius 3 is 2.79 bits per heavy atom. The first kappa shape index (κ1) is 22.1. The van der Waals surface area contributed by atoms with E-state index in [1.807, 2.05) is 49.5 Å². The molecule has 0 saturated carbocycles. The zero-order valence-electron chi connectivity index (χ0n) is 18.7. The number of amides is 1. The molecule has 1 aliphatic heterocycles. The molecule has 4 aromatic rings. The van der Waals surface area contributed by atoms with E-state index in [9.17, 15) is 4.79 Å². The van der Waals surface area contributed by atoms with Crippen LogP contribution in [0.15, 0.2) is 71.9 Å². The third kappa shape index (κ3) is 5.27. The van der Waals surface area contributed by atoms with Gasteiger partial charge in [0, 0.05) is 30.2 Å². The number of aryl methyl sites for hydroxylation is 2. The monoisotopic (exact) mass is 474 g/mol. The van der Waals surface area contributed by atoms with Gasteiger partial charge in [-0.3, -0.25) is 9.69 Å². The van der Waals surface area contributed by atoms with Gasteiger partial charge in [0.05, 0.1) is 26.3 Å². The number of nitrogens with zero attached hydrogens (tertiary/aromatic N) is 3. The van der Waals surface area contributed by atoms with E-state index >= 15 is 0 Å². The molecule has 0 radical (unpaired) electrons. The molecule has 2 atom stereocenters. The molecule has 33 heavy (non-hydrogen) atoms. The van der Waals surface area contributed by atoms with Crippen LogP contribution in [0, 0.1) is 13.8 Å². The molecule has 0 aliphatic carbocycles. The molecule has 0 unspecified atom stereocenters. The number of anilines is 1. The van der Waals surface area contributed by atoms with Crippen LogP contribution >= 0.6 is 23.1 Å². The van der Waals surface area contributed by atoms with Crippen molar-refractivity contribution in [2.45, 2.75) is 43.1 Å². The molecule has 3 heterocycles. The quantitative estimate of drug-likeness (QED) is 0.389. The summed E-state index contributed by atoms with van der Waals surface area (Å²) in [6.07, 6.45) is 2.61. The Hall–Kier alpha value is -2.74. The van der Waals surface area contributed by atoms with Crippen LogP contribution in [0.25, 0.3) is 10.2 Å². The van der Waals surface area contributed by atoms with E-state index in [1.54, 1.807) is 23.1 Å². The first-order valence-corrected chi connectivity index (χ1v) is 12.8. The molecule has 0 bridgehead atoms. The number of hydrogen-bond donors (Lipinski definition) is 1. The number of thioether (sulfide) groups is 1. The second kappa shape index (κ2) is 9.63. The predicted octanol–water partition coefficient (Wildman–Crippen LogP) is 5.68. The van der Waals surface area contributed by atoms with E-state index < -0.39 is 0 Å². The van der Waals surface area contributed by atoms with Crippen LogP contribution in [0.4, 0.5) is 5.69 Å². The highest BCUT2D eigenvalue weighted by Crippen LogP contribution is 2.33. The van der Waals surface area contributed by atoms with Gasteiger partial charge < -0.3 is 5.32 Å². The van der Waals surface area contributed by atoms with Gasteiger partial charge in [-0.25, -0.2) is 9.97 Å². The highest BCUT2D eigenvalue weighted by molar-refractivity contribution is 7.99. The van der Waals surface area contributed by atoms with E-state index in [0.29, 0.717) is 5.25 Å². The molecule has 168 valence electrons. The van der Waals surface area contributed by atoms with Crippen molar-refractivity contribution in [2.24, 2.45) is 0 Å². The smallest absolute Gasteiger partial charge is 0.241 e. The lowest BCUT2D eigenvalue weighted by atomic mass is 10.1. The SMILES string of the molecule is Cc1ccc(CN2C[C@H](Sc3ccccn3)C[C@H]2C(=O)Nc2ccc3sc(C)nc3c2)cc1. The molecule has 1 N–H and O–H groups in total. The number of thiazole rings is 1. The Morgan fingerprint density at radius 2 is 2.00 bits per heavy atom. The molecule has 5 nitrogen and oxygen atoms in total. The fraction of sp³-hybridized carbons (Fsp3) is 0.269. The fourth-order valence-corrected chi connectivity index (χ4v) is 6.23. The van der Waals surface area contributed by atoms with Gasteiger partial charge in [-0.1, -0.05) is 35.9 Å². The summed E-state index contributed by atoms with van der Waals surface area (Å²) in [5, 5.41) is 5.50. The maximum absolute atomic E-state index is 13.4. The molecule has 1 aliphatic rings. The number of benzene rings is 2. The molecular weight excluding hydrogens is 448 g/mol. The van der Waals surface area contributed by atoms with E-state index in [-0.39, 0.29) is 11.9 Å². The molecule has 1 saturated heterocycles. The summed E-state index contributed by atoms with van der Waals surface area (Å²) in [6, 6.07) is 20.3. The van der Waals surface area contributed by atoms with Crippen LogP contribution in [0.3, 0.4) is 0 Å². The van der Waals surface area contributed by atoms with Gasteiger partial charge in [0.1, 0.15) is 0 Å². The number of likely N-dealkylation sites (tertiary alicyclic amines) is 1. The minimum atomic E-state index is -0.194. The summed E-state index contributed by atoms with van der Waals surface area (Å²) in [5.74, 6) is 0.0394. The average Bonchev–Trinajstić information content (AvgIpc) is 3.37. The second-order valence-electron chi connectivity index (χ2n) is 8.48. The number of nitrogens with one attached hydrogen (secondary N) is 1. The van der Waals surface area contributed by atoms with E-state index in [2.05, 4.69) is 51.4 Å². The zero-order chi connectivity index (χ0) is 22.8. The average molecular weight is 475 g/mol. The Labute approximate surface area is 202 Å². The van der Waals surface area contributed by atoms with Gasteiger partial charge in [-0.05, 0) is 56.2 Å². The van der Waals surface area contributed by atoms with Crippen molar-refractivity contribution in [3.05, 3.63) is 83.0 Å². The van der Waals surface area contributed by atoms with E-state index in [0.717, 1.165) is 45.4 Å². The third-order valence-corrected chi connectivity index (χ3v) is 7.97. The van der Waals surface area contributed by atoms with Crippen LogP contribution in [-0.4, -0.2) is 38.6 Å². The topological polar surface area (TPSA) is 58.1 Å². The lowest BCUT2D eigenvalue weighted by molar-refractivity contribution is -0.120. The standard InChI is InChI=1S/C26H26N4OS2/c1-17-6-8-19(9-7-17)15-30-16-21(33-25-5-3-4-12-27-25)14-23(30)26(31)29-20-10-11-24-22(13-20)28-18(2)32-24/h3-13,21,23H,14-16H2,1-2H3,(H,29,31)/t21-,23+/m1/s1. The normalized spacial score (nSPS) is 18.6. The highest BCUT2D eigenvalue weighted by Gasteiger charge is 2.37. The number of carbonyl (C=O) groups is 1. The van der Waals surface area contributed by atoms with Gasteiger partial charge in [0.15, 0.2) is 0 Å². The Kier molecular flexibility index (Phi) is 6.44. The number of aromatic nitrogens is 2. The van der Waals surface area contributed by atoms with E-state index in [1.165, 1.54) is 11.1 Å². The molecule has 5 rings (SSSR count). The summed E-state index contributed by atoms with van der Waals surface area (Å²) in [6.45, 7) is 5.69. The van der Waals surface area contributed by atoms with Crippen LogP contribution in [0.1, 0.15) is 22.6 Å². The van der Waals surface area contributed by atoms with Crippen molar-refractivity contribution >= 4 is 44.9 Å². The maximum Gasteiger partial charge on any atom is 0.241 e. The van der Waals surface area contributed by atoms with Crippen LogP contribution in [-0.2, 0) is 11.3 Å². The summed E-state index contributed by atoms with van der Waals surface area (Å²) < 4.78 is 1.14. The number of fused-ring (bicyclic) bond motifs is 1. The largest absolute Gasteiger partial charge is 0.325 e.